The Morgan fingerprint density at radius 2 is 2.04 bits per heavy atom. The fraction of sp³-hybridized carbons (Fsp3) is 0.632. The molecule has 0 radical (unpaired) electrons. The van der Waals surface area contributed by atoms with Crippen LogP contribution in [0.25, 0.3) is 0 Å². The van der Waals surface area contributed by atoms with Crippen molar-refractivity contribution >= 4 is 29.9 Å². The summed E-state index contributed by atoms with van der Waals surface area (Å²) in [5.74, 6) is 2.01. The van der Waals surface area contributed by atoms with Gasteiger partial charge in [0, 0.05) is 36.0 Å². The van der Waals surface area contributed by atoms with E-state index < -0.39 is 0 Å². The van der Waals surface area contributed by atoms with Crippen molar-refractivity contribution in [3.63, 3.8) is 0 Å². The molecule has 0 spiro atoms. The van der Waals surface area contributed by atoms with E-state index in [4.69, 9.17) is 20.2 Å². The van der Waals surface area contributed by atoms with Gasteiger partial charge in [0.2, 0.25) is 0 Å². The molecular weight excluding hydrogens is 429 g/mol. The summed E-state index contributed by atoms with van der Waals surface area (Å²) in [6.07, 6.45) is 3.56. The Morgan fingerprint density at radius 3 is 2.88 bits per heavy atom. The zero-order valence-corrected chi connectivity index (χ0v) is 17.2. The van der Waals surface area contributed by atoms with Gasteiger partial charge >= 0.3 is 0 Å². The third kappa shape index (κ3) is 3.35. The molecule has 5 nitrogen and oxygen atoms in total. The molecule has 6 heteroatoms. The molecule has 2 fully saturated rings. The Labute approximate surface area is 166 Å². The molecule has 1 saturated carbocycles. The minimum atomic E-state index is 0. The van der Waals surface area contributed by atoms with Gasteiger partial charge < -0.3 is 20.5 Å². The Balaban J connectivity index is 0.00000182. The molecule has 138 valence electrons. The first kappa shape index (κ1) is 18.8. The van der Waals surface area contributed by atoms with Gasteiger partial charge in [-0.05, 0) is 18.9 Å². The minimum Gasteiger partial charge on any atom is -0.493 e. The zero-order valence-electron chi connectivity index (χ0n) is 14.9. The zero-order chi connectivity index (χ0) is 16.7. The van der Waals surface area contributed by atoms with Gasteiger partial charge in [-0.15, -0.1) is 24.0 Å². The van der Waals surface area contributed by atoms with Crippen LogP contribution in [0.4, 0.5) is 0 Å². The number of nitrogens with two attached hydrogens (primary N) is 1. The van der Waals surface area contributed by atoms with Crippen molar-refractivity contribution in [2.75, 3.05) is 13.2 Å². The van der Waals surface area contributed by atoms with Crippen molar-refractivity contribution in [1.29, 1.82) is 0 Å². The number of aliphatic imine (C=N–C) groups is 1. The van der Waals surface area contributed by atoms with Gasteiger partial charge in [0.1, 0.15) is 5.75 Å². The fourth-order valence-electron chi connectivity index (χ4n) is 4.64. The Hall–Kier alpha value is -1.02. The molecule has 4 atom stereocenters. The summed E-state index contributed by atoms with van der Waals surface area (Å²) in [5, 5.41) is 3.49. The van der Waals surface area contributed by atoms with Gasteiger partial charge in [-0.2, -0.15) is 0 Å². The van der Waals surface area contributed by atoms with Crippen molar-refractivity contribution < 1.29 is 9.47 Å². The molecule has 1 aromatic rings. The van der Waals surface area contributed by atoms with Crippen molar-refractivity contribution in [3.05, 3.63) is 29.8 Å². The van der Waals surface area contributed by atoms with Gasteiger partial charge in [-0.3, -0.25) is 0 Å². The van der Waals surface area contributed by atoms with Crippen molar-refractivity contribution in [2.24, 2.45) is 22.1 Å². The number of para-hydroxylation sites is 1. The van der Waals surface area contributed by atoms with Crippen molar-refractivity contribution in [1.82, 2.24) is 5.32 Å². The lowest BCUT2D eigenvalue weighted by Gasteiger charge is -2.60. The maximum atomic E-state index is 6.27. The summed E-state index contributed by atoms with van der Waals surface area (Å²) in [7, 11) is 0. The highest BCUT2D eigenvalue weighted by molar-refractivity contribution is 14.0. The lowest BCUT2D eigenvalue weighted by Crippen LogP contribution is -2.70. The largest absolute Gasteiger partial charge is 0.493 e. The number of ether oxygens (including phenoxy) is 2. The van der Waals surface area contributed by atoms with Crippen molar-refractivity contribution in [2.45, 2.75) is 51.3 Å². The second-order valence-corrected chi connectivity index (χ2v) is 7.75. The van der Waals surface area contributed by atoms with Crippen LogP contribution in [0.15, 0.2) is 29.3 Å². The minimum absolute atomic E-state index is 0. The highest BCUT2D eigenvalue weighted by atomic mass is 127. The average molecular weight is 457 g/mol. The number of guanidine groups is 1. The second kappa shape index (κ2) is 7.31. The average Bonchev–Trinajstić information content (AvgIpc) is 2.60. The summed E-state index contributed by atoms with van der Waals surface area (Å²) in [6.45, 7) is 6.09. The molecule has 0 aromatic heterocycles. The molecule has 3 N–H and O–H groups in total. The number of halogens is 1. The quantitative estimate of drug-likeness (QED) is 0.407. The summed E-state index contributed by atoms with van der Waals surface area (Å²) in [4.78, 5) is 4.76. The number of fused-ring (bicyclic) bond motifs is 2. The topological polar surface area (TPSA) is 68.9 Å². The molecule has 1 aromatic carbocycles. The molecule has 2 heterocycles. The van der Waals surface area contributed by atoms with E-state index in [1.165, 1.54) is 6.42 Å². The summed E-state index contributed by atoms with van der Waals surface area (Å²) in [5.41, 5.74) is 7.49. The van der Waals surface area contributed by atoms with E-state index in [2.05, 4.69) is 25.2 Å². The molecule has 4 rings (SSSR count). The van der Waals surface area contributed by atoms with E-state index in [0.717, 1.165) is 30.8 Å². The highest BCUT2D eigenvalue weighted by Crippen LogP contribution is 2.51. The van der Waals surface area contributed by atoms with E-state index in [0.29, 0.717) is 30.6 Å². The normalized spacial score (nSPS) is 33.0. The van der Waals surface area contributed by atoms with E-state index >= 15 is 0 Å². The van der Waals surface area contributed by atoms with Gasteiger partial charge in [0.25, 0.3) is 0 Å². The SMILES string of the molecule is CC1(C)C(NC(N)=NC2CCOc3ccccc32)C2CCCOC21.I. The van der Waals surface area contributed by atoms with Crippen molar-refractivity contribution in [3.8, 4) is 5.75 Å². The van der Waals surface area contributed by atoms with Gasteiger partial charge in [0.15, 0.2) is 5.96 Å². The van der Waals surface area contributed by atoms with Crippen LogP contribution in [0.3, 0.4) is 0 Å². The molecule has 0 amide bonds. The smallest absolute Gasteiger partial charge is 0.189 e. The number of hydrogen-bond donors (Lipinski definition) is 2. The third-order valence-corrected chi connectivity index (χ3v) is 5.86. The molecule has 2 aliphatic heterocycles. The molecule has 1 saturated heterocycles. The molecule has 4 unspecified atom stereocenters. The molecule has 3 aliphatic rings. The van der Waals surface area contributed by atoms with Gasteiger partial charge in [-0.1, -0.05) is 32.0 Å². The third-order valence-electron chi connectivity index (χ3n) is 5.86. The first-order chi connectivity index (χ1) is 11.6. The lowest BCUT2D eigenvalue weighted by atomic mass is 9.55. The van der Waals surface area contributed by atoms with Gasteiger partial charge in [0.05, 0.1) is 18.8 Å². The Morgan fingerprint density at radius 1 is 1.24 bits per heavy atom. The Kier molecular flexibility index (Phi) is 5.48. The predicted molar refractivity (Wildman–Crippen MR) is 110 cm³/mol. The number of rotatable bonds is 2. The van der Waals surface area contributed by atoms with E-state index in [9.17, 15) is 0 Å². The Bertz CT molecular complexity index is 649. The monoisotopic (exact) mass is 457 g/mol. The number of nitrogens with zero attached hydrogens (tertiary/aromatic N) is 1. The number of benzene rings is 1. The molecular formula is C19H28IN3O2. The van der Waals surface area contributed by atoms with E-state index in [1.54, 1.807) is 0 Å². The number of hydrogen-bond acceptors (Lipinski definition) is 3. The maximum absolute atomic E-state index is 6.27. The highest BCUT2D eigenvalue weighted by Gasteiger charge is 2.58. The summed E-state index contributed by atoms with van der Waals surface area (Å²) >= 11 is 0. The van der Waals surface area contributed by atoms with Crippen LogP contribution in [0.1, 0.15) is 44.7 Å². The second-order valence-electron chi connectivity index (χ2n) is 7.75. The lowest BCUT2D eigenvalue weighted by molar-refractivity contribution is -0.188. The van der Waals surface area contributed by atoms with E-state index in [1.807, 2.05) is 18.2 Å². The van der Waals surface area contributed by atoms with Crippen LogP contribution in [-0.2, 0) is 4.74 Å². The van der Waals surface area contributed by atoms with Crippen LogP contribution in [-0.4, -0.2) is 31.3 Å². The fourth-order valence-corrected chi connectivity index (χ4v) is 4.64. The number of nitrogens with one attached hydrogen (secondary N) is 1. The first-order valence-electron chi connectivity index (χ1n) is 9.00. The van der Waals surface area contributed by atoms with Crippen LogP contribution >= 0.6 is 24.0 Å². The van der Waals surface area contributed by atoms with Crippen LogP contribution in [0, 0.1) is 11.3 Å². The van der Waals surface area contributed by atoms with Gasteiger partial charge in [-0.25, -0.2) is 4.99 Å². The van der Waals surface area contributed by atoms with E-state index in [-0.39, 0.29) is 35.4 Å². The first-order valence-corrected chi connectivity index (χ1v) is 9.00. The van der Waals surface area contributed by atoms with Crippen LogP contribution < -0.4 is 15.8 Å². The van der Waals surface area contributed by atoms with Crippen LogP contribution in [0.5, 0.6) is 5.75 Å². The molecule has 25 heavy (non-hydrogen) atoms. The standard InChI is InChI=1S/C19H27N3O2.HI/c1-19(2)16(13-7-5-10-24-17(13)19)22-18(20)21-14-9-11-23-15-8-4-3-6-12(14)15;/h3-4,6,8,13-14,16-17H,5,7,9-11H2,1-2H3,(H3,20,21,22);1H. The molecule has 0 bridgehead atoms. The molecule has 1 aliphatic carbocycles. The summed E-state index contributed by atoms with van der Waals surface area (Å²) < 4.78 is 11.7. The predicted octanol–water partition coefficient (Wildman–Crippen LogP) is 3.24. The summed E-state index contributed by atoms with van der Waals surface area (Å²) in [6, 6.07) is 8.50. The maximum Gasteiger partial charge on any atom is 0.189 e. The van der Waals surface area contributed by atoms with Crippen LogP contribution in [0.2, 0.25) is 0 Å².